The number of hydrogen-bond acceptors (Lipinski definition) is 4. The average molecular weight is 335 g/mol. The normalized spacial score (nSPS) is 19.4. The van der Waals surface area contributed by atoms with Crippen LogP contribution in [0.3, 0.4) is 0 Å². The molecule has 132 valence electrons. The zero-order valence-electron chi connectivity index (χ0n) is 14.2. The molecule has 0 aliphatic heterocycles. The van der Waals surface area contributed by atoms with Crippen molar-refractivity contribution in [2.75, 3.05) is 19.8 Å². The van der Waals surface area contributed by atoms with Crippen LogP contribution < -0.4 is 10.1 Å². The number of aryl methyl sites for hydroxylation is 1. The fourth-order valence-corrected chi connectivity index (χ4v) is 2.72. The van der Waals surface area contributed by atoms with E-state index in [9.17, 15) is 9.59 Å². The molecular weight excluding hydrogens is 310 g/mol. The van der Waals surface area contributed by atoms with Gasteiger partial charge in [-0.15, -0.1) is 0 Å². The van der Waals surface area contributed by atoms with E-state index in [4.69, 9.17) is 14.6 Å². The summed E-state index contributed by atoms with van der Waals surface area (Å²) in [4.78, 5) is 23.2. The highest BCUT2D eigenvalue weighted by Gasteiger charge is 2.41. The minimum absolute atomic E-state index is 0.200. The van der Waals surface area contributed by atoms with Crippen LogP contribution in [-0.4, -0.2) is 36.8 Å². The molecule has 0 aromatic heterocycles. The maximum atomic E-state index is 12.2. The number of hydrogen-bond donors (Lipinski definition) is 2. The molecule has 0 radical (unpaired) electrons. The lowest BCUT2D eigenvalue weighted by Crippen LogP contribution is -2.43. The summed E-state index contributed by atoms with van der Waals surface area (Å²) in [6.07, 6.45) is 1.21. The van der Waals surface area contributed by atoms with E-state index in [2.05, 4.69) is 5.32 Å². The minimum Gasteiger partial charge on any atom is -0.491 e. The molecule has 1 amide bonds. The number of carboxylic acids is 1. The summed E-state index contributed by atoms with van der Waals surface area (Å²) in [7, 11) is 0. The summed E-state index contributed by atoms with van der Waals surface area (Å²) in [5, 5.41) is 11.9. The first-order valence-corrected chi connectivity index (χ1v) is 8.33. The van der Waals surface area contributed by atoms with Crippen LogP contribution in [0.4, 0.5) is 0 Å². The van der Waals surface area contributed by atoms with Crippen molar-refractivity contribution in [3.63, 3.8) is 0 Å². The van der Waals surface area contributed by atoms with Crippen molar-refractivity contribution in [1.29, 1.82) is 0 Å². The Morgan fingerprint density at radius 3 is 2.62 bits per heavy atom. The van der Waals surface area contributed by atoms with Gasteiger partial charge < -0.3 is 19.9 Å². The van der Waals surface area contributed by atoms with Gasteiger partial charge in [-0.2, -0.15) is 0 Å². The topological polar surface area (TPSA) is 84.9 Å². The fraction of sp³-hybridized carbons (Fsp3) is 0.556. The molecule has 1 saturated carbocycles. The van der Waals surface area contributed by atoms with Crippen molar-refractivity contribution in [2.45, 2.75) is 33.2 Å². The molecule has 24 heavy (non-hydrogen) atoms. The molecule has 1 aliphatic rings. The number of aliphatic carboxylic acids is 1. The van der Waals surface area contributed by atoms with Crippen LogP contribution >= 0.6 is 0 Å². The van der Waals surface area contributed by atoms with Crippen LogP contribution in [0.25, 0.3) is 0 Å². The van der Waals surface area contributed by atoms with E-state index in [0.717, 1.165) is 16.9 Å². The molecule has 0 spiro atoms. The lowest BCUT2D eigenvalue weighted by atomic mass is 9.73. The maximum absolute atomic E-state index is 12.2. The average Bonchev–Trinajstić information content (AvgIpc) is 2.49. The second kappa shape index (κ2) is 8.68. The molecule has 1 fully saturated rings. The number of carbonyl (C=O) groups is 2. The Balaban J connectivity index is 1.91. The highest BCUT2D eigenvalue weighted by atomic mass is 16.5. The highest BCUT2D eigenvalue weighted by molar-refractivity contribution is 5.86. The van der Waals surface area contributed by atoms with E-state index in [0.29, 0.717) is 39.2 Å². The molecule has 0 heterocycles. The molecule has 0 saturated heterocycles. The van der Waals surface area contributed by atoms with Gasteiger partial charge in [-0.3, -0.25) is 9.59 Å². The first-order valence-electron chi connectivity index (χ1n) is 8.33. The van der Waals surface area contributed by atoms with Crippen LogP contribution in [0.15, 0.2) is 18.2 Å². The van der Waals surface area contributed by atoms with Gasteiger partial charge in [-0.25, -0.2) is 0 Å². The Hall–Kier alpha value is -2.08. The summed E-state index contributed by atoms with van der Waals surface area (Å²) >= 11 is 0. The van der Waals surface area contributed by atoms with Crippen LogP contribution in [-0.2, 0) is 20.9 Å². The van der Waals surface area contributed by atoms with Gasteiger partial charge in [0.15, 0.2) is 0 Å². The quantitative estimate of drug-likeness (QED) is 0.675. The Labute approximate surface area is 142 Å². The monoisotopic (exact) mass is 335 g/mol. The third-order valence-corrected chi connectivity index (χ3v) is 4.29. The lowest BCUT2D eigenvalue weighted by molar-refractivity contribution is -0.152. The van der Waals surface area contributed by atoms with Gasteiger partial charge in [0.05, 0.1) is 18.4 Å². The molecular formula is C18H25NO5. The van der Waals surface area contributed by atoms with Crippen molar-refractivity contribution in [3.05, 3.63) is 29.3 Å². The standard InChI is InChI=1S/C18H25NO5/c1-3-23-8-9-24-16-10-12(2)4-5-13(16)11-19-17(20)14-6-7-15(14)18(21)22/h4-5,10,14-15H,3,6-9,11H2,1-2H3,(H,19,20)(H,21,22). The second-order valence-corrected chi connectivity index (χ2v) is 6.00. The van der Waals surface area contributed by atoms with Crippen molar-refractivity contribution < 1.29 is 24.2 Å². The van der Waals surface area contributed by atoms with E-state index in [1.807, 2.05) is 32.0 Å². The second-order valence-electron chi connectivity index (χ2n) is 6.00. The van der Waals surface area contributed by atoms with E-state index in [1.165, 1.54) is 0 Å². The molecule has 1 aromatic carbocycles. The summed E-state index contributed by atoms with van der Waals surface area (Å²) < 4.78 is 11.0. The predicted molar refractivity (Wildman–Crippen MR) is 88.9 cm³/mol. The molecule has 2 unspecified atom stereocenters. The first-order chi connectivity index (χ1) is 11.5. The molecule has 0 bridgehead atoms. The largest absolute Gasteiger partial charge is 0.491 e. The highest BCUT2D eigenvalue weighted by Crippen LogP contribution is 2.34. The Kier molecular flexibility index (Phi) is 6.61. The molecule has 2 atom stereocenters. The number of carbonyl (C=O) groups excluding carboxylic acids is 1. The first kappa shape index (κ1) is 18.3. The zero-order valence-corrected chi connectivity index (χ0v) is 14.2. The third kappa shape index (κ3) is 4.71. The Morgan fingerprint density at radius 1 is 1.25 bits per heavy atom. The maximum Gasteiger partial charge on any atom is 0.307 e. The molecule has 2 N–H and O–H groups in total. The zero-order chi connectivity index (χ0) is 17.5. The van der Waals surface area contributed by atoms with Gasteiger partial charge in [0.25, 0.3) is 0 Å². The van der Waals surface area contributed by atoms with E-state index < -0.39 is 17.8 Å². The summed E-state index contributed by atoms with van der Waals surface area (Å²) in [5.74, 6) is -1.34. The number of nitrogens with one attached hydrogen (secondary N) is 1. The van der Waals surface area contributed by atoms with Crippen molar-refractivity contribution >= 4 is 11.9 Å². The van der Waals surface area contributed by atoms with E-state index >= 15 is 0 Å². The number of carboxylic acid groups (broad SMARTS) is 1. The van der Waals surface area contributed by atoms with Crippen LogP contribution in [0.1, 0.15) is 30.9 Å². The van der Waals surface area contributed by atoms with E-state index in [1.54, 1.807) is 0 Å². The molecule has 1 aliphatic carbocycles. The summed E-state index contributed by atoms with van der Waals surface area (Å²) in [6, 6.07) is 5.80. The molecule has 6 heteroatoms. The Bertz CT molecular complexity index is 587. The Morgan fingerprint density at radius 2 is 2.00 bits per heavy atom. The number of ether oxygens (including phenoxy) is 2. The number of benzene rings is 1. The van der Waals surface area contributed by atoms with E-state index in [-0.39, 0.29) is 5.91 Å². The van der Waals surface area contributed by atoms with Gasteiger partial charge in [-0.1, -0.05) is 12.1 Å². The minimum atomic E-state index is -0.892. The third-order valence-electron chi connectivity index (χ3n) is 4.29. The van der Waals surface area contributed by atoms with Gasteiger partial charge >= 0.3 is 5.97 Å². The lowest BCUT2D eigenvalue weighted by Gasteiger charge is -2.32. The van der Waals surface area contributed by atoms with Crippen molar-refractivity contribution in [2.24, 2.45) is 11.8 Å². The summed E-state index contributed by atoms with van der Waals surface area (Å²) in [6.45, 7) is 5.83. The molecule has 2 rings (SSSR count). The number of rotatable bonds is 9. The number of amides is 1. The van der Waals surface area contributed by atoms with Gasteiger partial charge in [0, 0.05) is 18.7 Å². The SMILES string of the molecule is CCOCCOc1cc(C)ccc1CNC(=O)C1CCC1C(=O)O. The van der Waals surface area contributed by atoms with Crippen molar-refractivity contribution in [1.82, 2.24) is 5.32 Å². The van der Waals surface area contributed by atoms with Gasteiger partial charge in [0.1, 0.15) is 12.4 Å². The van der Waals surface area contributed by atoms with Gasteiger partial charge in [-0.05, 0) is 38.3 Å². The smallest absolute Gasteiger partial charge is 0.307 e. The van der Waals surface area contributed by atoms with Gasteiger partial charge in [0.2, 0.25) is 5.91 Å². The molecule has 1 aromatic rings. The fourth-order valence-electron chi connectivity index (χ4n) is 2.72. The van der Waals surface area contributed by atoms with Crippen molar-refractivity contribution in [3.8, 4) is 5.75 Å². The predicted octanol–water partition coefficient (Wildman–Crippen LogP) is 2.14. The van der Waals surface area contributed by atoms with Crippen LogP contribution in [0.5, 0.6) is 5.75 Å². The summed E-state index contributed by atoms with van der Waals surface area (Å²) in [5.41, 5.74) is 1.94. The molecule has 6 nitrogen and oxygen atoms in total. The van der Waals surface area contributed by atoms with Crippen LogP contribution in [0, 0.1) is 18.8 Å². The van der Waals surface area contributed by atoms with Crippen LogP contribution in [0.2, 0.25) is 0 Å².